The Morgan fingerprint density at radius 2 is 1.52 bits per heavy atom. The molecule has 0 saturated carbocycles. The molecule has 0 unspecified atom stereocenters. The number of nitrogens with one attached hydrogen (secondary N) is 1. The zero-order valence-corrected chi connectivity index (χ0v) is 19.9. The molecule has 3 aromatic rings. The van der Waals surface area contributed by atoms with E-state index >= 15 is 0 Å². The van der Waals surface area contributed by atoms with Crippen LogP contribution in [0.1, 0.15) is 18.1 Å². The second-order valence-electron chi connectivity index (χ2n) is 7.42. The average Bonchev–Trinajstić information content (AvgIpc) is 2.83. The lowest BCUT2D eigenvalue weighted by Gasteiger charge is -2.32. The van der Waals surface area contributed by atoms with Crippen molar-refractivity contribution in [1.82, 2.24) is 10.2 Å². The Morgan fingerprint density at radius 3 is 2.12 bits per heavy atom. The van der Waals surface area contributed by atoms with E-state index in [4.69, 9.17) is 27.9 Å². The first kappa shape index (κ1) is 24.6. The van der Waals surface area contributed by atoms with Gasteiger partial charge in [-0.05, 0) is 36.8 Å². The second kappa shape index (κ2) is 12.3. The Kier molecular flexibility index (Phi) is 9.16. The number of halogens is 2. The summed E-state index contributed by atoms with van der Waals surface area (Å²) in [7, 11) is 0. The third kappa shape index (κ3) is 6.98. The molecule has 0 bridgehead atoms. The summed E-state index contributed by atoms with van der Waals surface area (Å²) in [5.41, 5.74) is 1.51. The van der Waals surface area contributed by atoms with Crippen LogP contribution in [-0.4, -0.2) is 35.9 Å². The summed E-state index contributed by atoms with van der Waals surface area (Å²) in [4.78, 5) is 28.0. The van der Waals surface area contributed by atoms with Crippen molar-refractivity contribution < 1.29 is 14.3 Å². The molecular weight excluding hydrogens is 459 g/mol. The number of likely N-dealkylation sites (N-methyl/N-ethyl adjacent to an activating group) is 1. The number of ether oxygens (including phenoxy) is 1. The van der Waals surface area contributed by atoms with Crippen LogP contribution in [0.5, 0.6) is 5.75 Å². The van der Waals surface area contributed by atoms with Crippen molar-refractivity contribution in [3.05, 3.63) is 100 Å². The first-order valence-electron chi connectivity index (χ1n) is 10.7. The third-order valence-electron chi connectivity index (χ3n) is 5.12. The minimum absolute atomic E-state index is 0.0735. The second-order valence-corrected chi connectivity index (χ2v) is 8.24. The average molecular weight is 485 g/mol. The smallest absolute Gasteiger partial charge is 0.261 e. The number of hydrogen-bond acceptors (Lipinski definition) is 3. The molecule has 1 N–H and O–H groups in total. The van der Waals surface area contributed by atoms with Crippen molar-refractivity contribution in [3.63, 3.8) is 0 Å². The fraction of sp³-hybridized carbons (Fsp3) is 0.231. The Labute approximate surface area is 204 Å². The SMILES string of the molecule is CCNC(=O)[C@H](Cc1ccccc1)N(Cc1c(Cl)cccc1Cl)C(=O)COc1ccccc1. The molecule has 172 valence electrons. The molecule has 7 heteroatoms. The standard InChI is InChI=1S/C26H26Cl2N2O3/c1-2-29-26(32)24(16-19-10-5-3-6-11-19)30(17-21-22(27)14-9-15-23(21)28)25(31)18-33-20-12-7-4-8-13-20/h3-15,24H,2,16-18H2,1H3,(H,29,32)/t24-/m0/s1. The maximum absolute atomic E-state index is 13.4. The van der Waals surface area contributed by atoms with Gasteiger partial charge >= 0.3 is 0 Å². The molecule has 0 aliphatic rings. The van der Waals surface area contributed by atoms with Crippen LogP contribution >= 0.6 is 23.2 Å². The summed E-state index contributed by atoms with van der Waals surface area (Å²) in [6.45, 7) is 2.13. The van der Waals surface area contributed by atoms with Crippen molar-refractivity contribution in [2.45, 2.75) is 25.9 Å². The molecule has 0 aliphatic carbocycles. The monoisotopic (exact) mass is 484 g/mol. The van der Waals surface area contributed by atoms with Crippen molar-refractivity contribution in [2.75, 3.05) is 13.2 Å². The molecule has 0 spiro atoms. The topological polar surface area (TPSA) is 58.6 Å². The first-order valence-corrected chi connectivity index (χ1v) is 11.5. The summed E-state index contributed by atoms with van der Waals surface area (Å²) in [5, 5.41) is 3.71. The van der Waals surface area contributed by atoms with Crippen LogP contribution in [0.15, 0.2) is 78.9 Å². The number of benzene rings is 3. The fourth-order valence-electron chi connectivity index (χ4n) is 3.44. The maximum Gasteiger partial charge on any atom is 0.261 e. The number of hydrogen-bond donors (Lipinski definition) is 1. The van der Waals surface area contributed by atoms with Gasteiger partial charge in [-0.2, -0.15) is 0 Å². The molecule has 0 fully saturated rings. The Morgan fingerprint density at radius 1 is 0.909 bits per heavy atom. The van der Waals surface area contributed by atoms with Crippen LogP contribution in [-0.2, 0) is 22.6 Å². The van der Waals surface area contributed by atoms with Gasteiger partial charge in [0.25, 0.3) is 5.91 Å². The molecule has 3 aromatic carbocycles. The van der Waals surface area contributed by atoms with E-state index in [0.29, 0.717) is 34.3 Å². The molecule has 0 aliphatic heterocycles. The first-order chi connectivity index (χ1) is 16.0. The highest BCUT2D eigenvalue weighted by Gasteiger charge is 2.31. The van der Waals surface area contributed by atoms with Gasteiger partial charge in [0.1, 0.15) is 11.8 Å². The Balaban J connectivity index is 1.93. The molecule has 33 heavy (non-hydrogen) atoms. The summed E-state index contributed by atoms with van der Waals surface area (Å²) in [6, 6.07) is 23.0. The van der Waals surface area contributed by atoms with Crippen molar-refractivity contribution in [2.24, 2.45) is 0 Å². The molecular formula is C26H26Cl2N2O3. The van der Waals surface area contributed by atoms with E-state index in [1.807, 2.05) is 55.5 Å². The highest BCUT2D eigenvalue weighted by molar-refractivity contribution is 6.36. The van der Waals surface area contributed by atoms with Gasteiger partial charge < -0.3 is 15.0 Å². The molecule has 2 amide bonds. The van der Waals surface area contributed by atoms with Gasteiger partial charge in [0.15, 0.2) is 6.61 Å². The van der Waals surface area contributed by atoms with Gasteiger partial charge in [-0.25, -0.2) is 0 Å². The summed E-state index contributed by atoms with van der Waals surface area (Å²) < 4.78 is 5.70. The summed E-state index contributed by atoms with van der Waals surface area (Å²) >= 11 is 12.8. The van der Waals surface area contributed by atoms with Gasteiger partial charge in [-0.1, -0.05) is 77.8 Å². The van der Waals surface area contributed by atoms with Crippen molar-refractivity contribution in [1.29, 1.82) is 0 Å². The maximum atomic E-state index is 13.4. The molecule has 0 heterocycles. The van der Waals surface area contributed by atoms with Crippen LogP contribution < -0.4 is 10.1 Å². The third-order valence-corrected chi connectivity index (χ3v) is 5.83. The largest absolute Gasteiger partial charge is 0.484 e. The molecule has 5 nitrogen and oxygen atoms in total. The van der Waals surface area contributed by atoms with Crippen LogP contribution in [0, 0.1) is 0 Å². The highest BCUT2D eigenvalue weighted by Crippen LogP contribution is 2.27. The summed E-state index contributed by atoms with van der Waals surface area (Å²) in [6.07, 6.45) is 0.339. The van der Waals surface area contributed by atoms with Gasteiger partial charge in [0.2, 0.25) is 5.91 Å². The lowest BCUT2D eigenvalue weighted by atomic mass is 10.0. The van der Waals surface area contributed by atoms with Crippen LogP contribution in [0.2, 0.25) is 10.0 Å². The number of amides is 2. The van der Waals surface area contributed by atoms with Gasteiger partial charge in [0, 0.05) is 35.1 Å². The Bertz CT molecular complexity index is 1040. The quantitative estimate of drug-likeness (QED) is 0.432. The van der Waals surface area contributed by atoms with Gasteiger partial charge in [0.05, 0.1) is 0 Å². The zero-order valence-electron chi connectivity index (χ0n) is 18.3. The summed E-state index contributed by atoms with van der Waals surface area (Å²) in [5.74, 6) is -0.0289. The minimum atomic E-state index is -0.772. The van der Waals surface area contributed by atoms with Gasteiger partial charge in [-0.3, -0.25) is 9.59 Å². The number of nitrogens with zero attached hydrogens (tertiary/aromatic N) is 1. The molecule has 1 atom stereocenters. The zero-order chi connectivity index (χ0) is 23.6. The van der Waals surface area contributed by atoms with E-state index in [1.54, 1.807) is 30.3 Å². The molecule has 0 saturated heterocycles. The lowest BCUT2D eigenvalue weighted by molar-refractivity contribution is -0.142. The van der Waals surface area contributed by atoms with Crippen molar-refractivity contribution >= 4 is 35.0 Å². The molecule has 0 aromatic heterocycles. The lowest BCUT2D eigenvalue weighted by Crippen LogP contribution is -2.51. The fourth-order valence-corrected chi connectivity index (χ4v) is 3.96. The highest BCUT2D eigenvalue weighted by atomic mass is 35.5. The number of para-hydroxylation sites is 1. The predicted octanol–water partition coefficient (Wildman–Crippen LogP) is 5.15. The Hall–Kier alpha value is -3.02. The van der Waals surface area contributed by atoms with Crippen molar-refractivity contribution in [3.8, 4) is 5.75 Å². The van der Waals surface area contributed by atoms with E-state index in [9.17, 15) is 9.59 Å². The normalized spacial score (nSPS) is 11.5. The predicted molar refractivity (Wildman–Crippen MR) is 132 cm³/mol. The number of rotatable bonds is 10. The van der Waals surface area contributed by atoms with E-state index in [-0.39, 0.29) is 25.0 Å². The van der Waals surface area contributed by atoms with Crippen LogP contribution in [0.3, 0.4) is 0 Å². The van der Waals surface area contributed by atoms with Gasteiger partial charge in [-0.15, -0.1) is 0 Å². The number of carbonyl (C=O) groups is 2. The van der Waals surface area contributed by atoms with E-state index < -0.39 is 6.04 Å². The molecule has 3 rings (SSSR count). The van der Waals surface area contributed by atoms with Crippen LogP contribution in [0.25, 0.3) is 0 Å². The molecule has 0 radical (unpaired) electrons. The van der Waals surface area contributed by atoms with E-state index in [1.165, 1.54) is 4.90 Å². The van der Waals surface area contributed by atoms with E-state index in [2.05, 4.69) is 5.32 Å². The van der Waals surface area contributed by atoms with E-state index in [0.717, 1.165) is 5.56 Å². The minimum Gasteiger partial charge on any atom is -0.484 e. The van der Waals surface area contributed by atoms with Crippen LogP contribution in [0.4, 0.5) is 0 Å². The number of carbonyl (C=O) groups excluding carboxylic acids is 2.